The second-order valence-electron chi connectivity index (χ2n) is 9.08. The zero-order valence-corrected chi connectivity index (χ0v) is 20.7. The number of carbonyl (C=O) groups excluding carboxylic acids is 1. The van der Waals surface area contributed by atoms with E-state index in [1.54, 1.807) is 24.1 Å². The van der Waals surface area contributed by atoms with E-state index >= 15 is 0 Å². The van der Waals surface area contributed by atoms with Crippen molar-refractivity contribution in [2.24, 2.45) is 0 Å². The molecular formula is C30H29NO5. The standard InChI is InChI=1S/C30H29NO5/c1-4-5-6-16-35-22-13-11-20(12-14-22)27-26-28(32)24-17-19(2)10-15-25(24)36-29(26)30(33)31(27)21-8-7-9-23(18-21)34-3/h7-15,17-18,27H,4-6,16H2,1-3H3. The molecule has 0 N–H and O–H groups in total. The quantitative estimate of drug-likeness (QED) is 0.270. The van der Waals surface area contributed by atoms with E-state index < -0.39 is 6.04 Å². The summed E-state index contributed by atoms with van der Waals surface area (Å²) >= 11 is 0. The van der Waals surface area contributed by atoms with E-state index in [0.29, 0.717) is 34.6 Å². The van der Waals surface area contributed by atoms with Crippen LogP contribution in [-0.2, 0) is 0 Å². The summed E-state index contributed by atoms with van der Waals surface area (Å²) in [5.41, 5.74) is 2.92. The van der Waals surface area contributed by atoms with Crippen molar-refractivity contribution in [1.82, 2.24) is 0 Å². The average Bonchev–Trinajstić information content (AvgIpc) is 3.20. The molecule has 2 heterocycles. The van der Waals surface area contributed by atoms with Crippen molar-refractivity contribution >= 4 is 22.6 Å². The lowest BCUT2D eigenvalue weighted by Gasteiger charge is -2.25. The number of unbranched alkanes of at least 4 members (excludes halogenated alkanes) is 2. The molecule has 6 nitrogen and oxygen atoms in total. The van der Waals surface area contributed by atoms with E-state index in [9.17, 15) is 9.59 Å². The first-order valence-corrected chi connectivity index (χ1v) is 12.3. The van der Waals surface area contributed by atoms with Crippen molar-refractivity contribution in [1.29, 1.82) is 0 Å². The van der Waals surface area contributed by atoms with Crippen LogP contribution in [0.3, 0.4) is 0 Å². The third-order valence-corrected chi connectivity index (χ3v) is 6.57. The lowest BCUT2D eigenvalue weighted by atomic mass is 9.97. The van der Waals surface area contributed by atoms with Gasteiger partial charge in [0.1, 0.15) is 17.1 Å². The Morgan fingerprint density at radius 3 is 2.50 bits per heavy atom. The van der Waals surface area contributed by atoms with Crippen LogP contribution in [-0.4, -0.2) is 19.6 Å². The molecule has 1 amide bonds. The highest BCUT2D eigenvalue weighted by molar-refractivity contribution is 6.10. The summed E-state index contributed by atoms with van der Waals surface area (Å²) in [7, 11) is 1.58. The Morgan fingerprint density at radius 2 is 1.75 bits per heavy atom. The van der Waals surface area contributed by atoms with Crippen LogP contribution in [0, 0.1) is 6.92 Å². The van der Waals surface area contributed by atoms with Crippen molar-refractivity contribution < 1.29 is 18.7 Å². The van der Waals surface area contributed by atoms with E-state index in [1.807, 2.05) is 61.5 Å². The van der Waals surface area contributed by atoms with Crippen molar-refractivity contribution in [3.8, 4) is 11.5 Å². The molecule has 1 unspecified atom stereocenters. The van der Waals surface area contributed by atoms with Crippen molar-refractivity contribution in [2.75, 3.05) is 18.6 Å². The lowest BCUT2D eigenvalue weighted by molar-refractivity contribution is 0.0971. The predicted octanol–water partition coefficient (Wildman–Crippen LogP) is 6.43. The van der Waals surface area contributed by atoms with Gasteiger partial charge in [-0.15, -0.1) is 0 Å². The fourth-order valence-electron chi connectivity index (χ4n) is 4.72. The van der Waals surface area contributed by atoms with E-state index in [0.717, 1.165) is 36.1 Å². The van der Waals surface area contributed by atoms with Crippen molar-refractivity contribution in [2.45, 2.75) is 39.2 Å². The van der Waals surface area contributed by atoms with E-state index in [-0.39, 0.29) is 17.1 Å². The molecule has 1 aromatic heterocycles. The highest BCUT2D eigenvalue weighted by atomic mass is 16.5. The molecule has 0 aliphatic carbocycles. The van der Waals surface area contributed by atoms with Gasteiger partial charge >= 0.3 is 0 Å². The topological polar surface area (TPSA) is 69.0 Å². The Kier molecular flexibility index (Phi) is 6.51. The largest absolute Gasteiger partial charge is 0.497 e. The Labute approximate surface area is 210 Å². The molecule has 1 aliphatic rings. The van der Waals surface area contributed by atoms with Crippen molar-refractivity contribution in [3.63, 3.8) is 0 Å². The number of nitrogens with zero attached hydrogens (tertiary/aromatic N) is 1. The number of fused-ring (bicyclic) bond motifs is 2. The second-order valence-corrected chi connectivity index (χ2v) is 9.08. The van der Waals surface area contributed by atoms with Crippen LogP contribution in [0.25, 0.3) is 11.0 Å². The van der Waals surface area contributed by atoms with Crippen LogP contribution in [0.4, 0.5) is 5.69 Å². The van der Waals surface area contributed by atoms with Gasteiger partial charge in [-0.2, -0.15) is 0 Å². The fourth-order valence-corrected chi connectivity index (χ4v) is 4.72. The first-order chi connectivity index (χ1) is 17.5. The molecule has 0 fully saturated rings. The number of methoxy groups -OCH3 is 1. The molecule has 3 aromatic carbocycles. The van der Waals surface area contributed by atoms with Gasteiger partial charge in [0.2, 0.25) is 5.76 Å². The molecule has 4 aromatic rings. The summed E-state index contributed by atoms with van der Waals surface area (Å²) in [6.45, 7) is 4.74. The van der Waals surface area contributed by atoms with Gasteiger partial charge in [-0.05, 0) is 55.3 Å². The number of ether oxygens (including phenoxy) is 2. The molecule has 184 valence electrons. The number of amides is 1. The maximum absolute atomic E-state index is 13.8. The van der Waals surface area contributed by atoms with Gasteiger partial charge in [0, 0.05) is 11.8 Å². The average molecular weight is 484 g/mol. The van der Waals surface area contributed by atoms with E-state index in [2.05, 4.69) is 6.92 Å². The maximum Gasteiger partial charge on any atom is 0.295 e. The molecule has 5 rings (SSSR count). The summed E-state index contributed by atoms with van der Waals surface area (Å²) in [6, 6.07) is 19.6. The van der Waals surface area contributed by atoms with Crippen LogP contribution < -0.4 is 19.8 Å². The minimum Gasteiger partial charge on any atom is -0.497 e. The van der Waals surface area contributed by atoms with E-state index in [1.165, 1.54) is 0 Å². The number of anilines is 1. The van der Waals surface area contributed by atoms with Crippen LogP contribution in [0.2, 0.25) is 0 Å². The zero-order valence-electron chi connectivity index (χ0n) is 20.7. The first kappa shape index (κ1) is 23.7. The van der Waals surface area contributed by atoms with Crippen LogP contribution in [0.1, 0.15) is 59.5 Å². The molecule has 0 bridgehead atoms. The molecular weight excluding hydrogens is 454 g/mol. The number of benzene rings is 3. The lowest BCUT2D eigenvalue weighted by Crippen LogP contribution is -2.29. The second kappa shape index (κ2) is 9.90. The smallest absolute Gasteiger partial charge is 0.295 e. The summed E-state index contributed by atoms with van der Waals surface area (Å²) in [5.74, 6) is 1.09. The number of aryl methyl sites for hydroxylation is 1. The van der Waals surface area contributed by atoms with Gasteiger partial charge in [-0.3, -0.25) is 14.5 Å². The minimum atomic E-state index is -0.644. The Bertz CT molecular complexity index is 1470. The number of rotatable bonds is 8. The molecule has 6 heteroatoms. The third kappa shape index (κ3) is 4.24. The SMILES string of the molecule is CCCCCOc1ccc(C2c3c(oc4ccc(C)cc4c3=O)C(=O)N2c2cccc(OC)c2)cc1. The van der Waals surface area contributed by atoms with Crippen LogP contribution in [0.5, 0.6) is 11.5 Å². The van der Waals surface area contributed by atoms with Gasteiger partial charge in [-0.25, -0.2) is 0 Å². The molecule has 0 saturated carbocycles. The zero-order chi connectivity index (χ0) is 25.2. The fraction of sp³-hybridized carbons (Fsp3) is 0.267. The molecule has 0 spiro atoms. The normalized spacial score (nSPS) is 14.8. The summed E-state index contributed by atoms with van der Waals surface area (Å²) < 4.78 is 17.3. The van der Waals surface area contributed by atoms with Gasteiger partial charge in [0.25, 0.3) is 5.91 Å². The number of hydrogen-bond donors (Lipinski definition) is 0. The molecule has 1 atom stereocenters. The van der Waals surface area contributed by atoms with E-state index in [4.69, 9.17) is 13.9 Å². The van der Waals surface area contributed by atoms with Gasteiger partial charge < -0.3 is 13.9 Å². The van der Waals surface area contributed by atoms with Gasteiger partial charge in [-0.1, -0.05) is 49.6 Å². The summed E-state index contributed by atoms with van der Waals surface area (Å²) in [6.07, 6.45) is 3.26. The summed E-state index contributed by atoms with van der Waals surface area (Å²) in [5, 5.41) is 0.468. The van der Waals surface area contributed by atoms with Crippen LogP contribution in [0.15, 0.2) is 75.9 Å². The molecule has 1 aliphatic heterocycles. The Hall–Kier alpha value is -4.06. The minimum absolute atomic E-state index is 0.0732. The number of carbonyl (C=O) groups is 1. The third-order valence-electron chi connectivity index (χ3n) is 6.57. The highest BCUT2D eigenvalue weighted by Crippen LogP contribution is 2.42. The highest BCUT2D eigenvalue weighted by Gasteiger charge is 2.43. The monoisotopic (exact) mass is 483 g/mol. The first-order valence-electron chi connectivity index (χ1n) is 12.3. The Morgan fingerprint density at radius 1 is 0.944 bits per heavy atom. The molecule has 0 saturated heterocycles. The molecule has 0 radical (unpaired) electrons. The Balaban J connectivity index is 1.63. The van der Waals surface area contributed by atoms with Gasteiger partial charge in [0.05, 0.1) is 30.7 Å². The predicted molar refractivity (Wildman–Crippen MR) is 140 cm³/mol. The van der Waals surface area contributed by atoms with Gasteiger partial charge in [0.15, 0.2) is 5.43 Å². The maximum atomic E-state index is 13.8. The van der Waals surface area contributed by atoms with Crippen molar-refractivity contribution in [3.05, 3.63) is 99.4 Å². The molecule has 36 heavy (non-hydrogen) atoms. The summed E-state index contributed by atoms with van der Waals surface area (Å²) in [4.78, 5) is 29.1. The van der Waals surface area contributed by atoms with Crippen LogP contribution >= 0.6 is 0 Å². The number of hydrogen-bond acceptors (Lipinski definition) is 5.